The largest absolute Gasteiger partial charge is 0.326 e. The van der Waals surface area contributed by atoms with Gasteiger partial charge in [-0.3, -0.25) is 14.4 Å². The van der Waals surface area contributed by atoms with Gasteiger partial charge in [0.25, 0.3) is 5.56 Å². The fraction of sp³-hybridized carbons (Fsp3) is 0.167. The molecule has 24 heavy (non-hydrogen) atoms. The van der Waals surface area contributed by atoms with Gasteiger partial charge in [-0.25, -0.2) is 9.36 Å². The quantitative estimate of drug-likeness (QED) is 0.805. The fourth-order valence-electron chi connectivity index (χ4n) is 2.81. The molecule has 1 amide bonds. The molecule has 0 saturated carbocycles. The highest BCUT2D eigenvalue weighted by atomic mass is 16.2. The second-order valence-corrected chi connectivity index (χ2v) is 5.55. The van der Waals surface area contributed by atoms with Crippen molar-refractivity contribution in [3.8, 4) is 0 Å². The lowest BCUT2D eigenvalue weighted by atomic mass is 10.1. The SMILES string of the molecule is CC(=O)Nc1ccccc1Cn1c(=O)c2ccccc2n1C(C)=O. The number of carbonyl (C=O) groups excluding carboxylic acids is 2. The Bertz CT molecular complexity index is 998. The number of aromatic nitrogens is 2. The molecular formula is C18H17N3O3. The van der Waals surface area contributed by atoms with Crippen molar-refractivity contribution in [2.24, 2.45) is 0 Å². The van der Waals surface area contributed by atoms with E-state index >= 15 is 0 Å². The summed E-state index contributed by atoms with van der Waals surface area (Å²) in [5.74, 6) is -0.438. The molecule has 0 unspecified atom stereocenters. The Labute approximate surface area is 138 Å². The maximum Gasteiger partial charge on any atom is 0.275 e. The molecule has 3 aromatic rings. The van der Waals surface area contributed by atoms with E-state index in [1.807, 2.05) is 12.1 Å². The first-order valence-corrected chi connectivity index (χ1v) is 7.56. The van der Waals surface area contributed by atoms with E-state index in [0.29, 0.717) is 16.6 Å². The predicted octanol–water partition coefficient (Wildman–Crippen LogP) is 2.47. The average molecular weight is 323 g/mol. The van der Waals surface area contributed by atoms with Gasteiger partial charge in [0.15, 0.2) is 0 Å². The van der Waals surface area contributed by atoms with E-state index in [4.69, 9.17) is 0 Å². The molecule has 0 aliphatic carbocycles. The Hall–Kier alpha value is -3.15. The molecule has 0 radical (unpaired) electrons. The monoisotopic (exact) mass is 323 g/mol. The molecule has 6 heteroatoms. The highest BCUT2D eigenvalue weighted by Gasteiger charge is 2.16. The van der Waals surface area contributed by atoms with Gasteiger partial charge in [-0.05, 0) is 23.8 Å². The van der Waals surface area contributed by atoms with Gasteiger partial charge in [0, 0.05) is 19.5 Å². The van der Waals surface area contributed by atoms with E-state index in [9.17, 15) is 14.4 Å². The van der Waals surface area contributed by atoms with Gasteiger partial charge in [-0.2, -0.15) is 0 Å². The van der Waals surface area contributed by atoms with Gasteiger partial charge in [0.05, 0.1) is 17.4 Å². The third kappa shape index (κ3) is 2.74. The topological polar surface area (TPSA) is 73.1 Å². The van der Waals surface area contributed by atoms with Crippen LogP contribution in [0.5, 0.6) is 0 Å². The number of hydrogen-bond acceptors (Lipinski definition) is 3. The summed E-state index contributed by atoms with van der Waals surface area (Å²) in [6, 6.07) is 14.2. The molecule has 0 fully saturated rings. The van der Waals surface area contributed by atoms with E-state index in [0.717, 1.165) is 5.56 Å². The Morgan fingerprint density at radius 2 is 1.67 bits per heavy atom. The van der Waals surface area contributed by atoms with Gasteiger partial charge < -0.3 is 5.32 Å². The van der Waals surface area contributed by atoms with E-state index < -0.39 is 0 Å². The third-order valence-corrected chi connectivity index (χ3v) is 3.78. The zero-order valence-corrected chi connectivity index (χ0v) is 13.4. The molecule has 1 aromatic heterocycles. The summed E-state index contributed by atoms with van der Waals surface area (Å²) in [6.07, 6.45) is 0. The Morgan fingerprint density at radius 1 is 1.00 bits per heavy atom. The van der Waals surface area contributed by atoms with Crippen LogP contribution < -0.4 is 10.9 Å². The molecule has 0 aliphatic heterocycles. The summed E-state index contributed by atoms with van der Waals surface area (Å²) >= 11 is 0. The highest BCUT2D eigenvalue weighted by Crippen LogP contribution is 2.18. The Morgan fingerprint density at radius 3 is 2.38 bits per heavy atom. The molecule has 0 aliphatic rings. The molecule has 1 N–H and O–H groups in total. The number of anilines is 1. The summed E-state index contributed by atoms with van der Waals surface area (Å²) in [4.78, 5) is 36.1. The van der Waals surface area contributed by atoms with Crippen molar-refractivity contribution >= 4 is 28.4 Å². The first-order valence-electron chi connectivity index (χ1n) is 7.56. The Kier molecular flexibility index (Phi) is 4.04. The van der Waals surface area contributed by atoms with Crippen LogP contribution >= 0.6 is 0 Å². The first-order chi connectivity index (χ1) is 11.5. The molecule has 0 saturated heterocycles. The fourth-order valence-corrected chi connectivity index (χ4v) is 2.81. The van der Waals surface area contributed by atoms with Gasteiger partial charge in [0.1, 0.15) is 0 Å². The smallest absolute Gasteiger partial charge is 0.275 e. The van der Waals surface area contributed by atoms with Crippen LogP contribution in [0.15, 0.2) is 53.3 Å². The van der Waals surface area contributed by atoms with Crippen molar-refractivity contribution < 1.29 is 9.59 Å². The zero-order chi connectivity index (χ0) is 17.3. The van der Waals surface area contributed by atoms with Gasteiger partial charge in [-0.1, -0.05) is 30.3 Å². The second kappa shape index (κ2) is 6.16. The van der Waals surface area contributed by atoms with Crippen molar-refractivity contribution in [1.82, 2.24) is 9.36 Å². The summed E-state index contributed by atoms with van der Waals surface area (Å²) < 4.78 is 2.77. The molecule has 2 aromatic carbocycles. The maximum atomic E-state index is 12.7. The van der Waals surface area contributed by atoms with Crippen molar-refractivity contribution in [2.45, 2.75) is 20.4 Å². The van der Waals surface area contributed by atoms with Crippen molar-refractivity contribution in [2.75, 3.05) is 5.32 Å². The molecule has 3 rings (SSSR count). The summed E-state index contributed by atoms with van der Waals surface area (Å²) in [5.41, 5.74) is 1.71. The minimum atomic E-state index is -0.245. The third-order valence-electron chi connectivity index (χ3n) is 3.78. The van der Waals surface area contributed by atoms with E-state index in [2.05, 4.69) is 5.32 Å². The van der Waals surface area contributed by atoms with Gasteiger partial charge in [-0.15, -0.1) is 0 Å². The molecule has 1 heterocycles. The number of para-hydroxylation sites is 2. The first kappa shape index (κ1) is 15.7. The van der Waals surface area contributed by atoms with E-state index in [1.165, 1.54) is 23.2 Å². The summed E-state index contributed by atoms with van der Waals surface area (Å²) in [6.45, 7) is 3.03. The zero-order valence-electron chi connectivity index (χ0n) is 13.4. The molecule has 122 valence electrons. The number of amides is 1. The number of carbonyl (C=O) groups is 2. The van der Waals surface area contributed by atoms with Crippen LogP contribution in [0.4, 0.5) is 5.69 Å². The highest BCUT2D eigenvalue weighted by molar-refractivity contribution is 5.90. The second-order valence-electron chi connectivity index (χ2n) is 5.55. The van der Waals surface area contributed by atoms with Crippen LogP contribution in [0.1, 0.15) is 24.2 Å². The van der Waals surface area contributed by atoms with Crippen molar-refractivity contribution in [3.63, 3.8) is 0 Å². The molecule has 0 bridgehead atoms. The molecule has 0 atom stereocenters. The summed E-state index contributed by atoms with van der Waals surface area (Å²) in [7, 11) is 0. The Balaban J connectivity index is 2.17. The number of hydrogen-bond donors (Lipinski definition) is 1. The number of fused-ring (bicyclic) bond motifs is 1. The number of nitrogens with zero attached hydrogens (tertiary/aromatic N) is 2. The van der Waals surface area contributed by atoms with Gasteiger partial charge >= 0.3 is 0 Å². The minimum Gasteiger partial charge on any atom is -0.326 e. The van der Waals surface area contributed by atoms with Crippen LogP contribution in [0.3, 0.4) is 0 Å². The van der Waals surface area contributed by atoms with Crippen LogP contribution in [-0.4, -0.2) is 21.2 Å². The maximum absolute atomic E-state index is 12.7. The average Bonchev–Trinajstić information content (AvgIpc) is 2.82. The van der Waals surface area contributed by atoms with Crippen LogP contribution in [0.2, 0.25) is 0 Å². The normalized spacial score (nSPS) is 10.8. The number of nitrogens with one attached hydrogen (secondary N) is 1. The summed E-state index contributed by atoms with van der Waals surface area (Å²) in [5, 5.41) is 3.24. The molecule has 6 nitrogen and oxygen atoms in total. The number of benzene rings is 2. The lowest BCUT2D eigenvalue weighted by Gasteiger charge is -2.13. The number of rotatable bonds is 3. The van der Waals surface area contributed by atoms with Crippen LogP contribution in [0, 0.1) is 0 Å². The predicted molar refractivity (Wildman–Crippen MR) is 92.3 cm³/mol. The van der Waals surface area contributed by atoms with E-state index in [1.54, 1.807) is 36.4 Å². The van der Waals surface area contributed by atoms with Gasteiger partial charge in [0.2, 0.25) is 11.8 Å². The standard InChI is InChI=1S/C18H17N3O3/c1-12(22)19-16-9-5-3-7-14(16)11-20-18(24)15-8-4-6-10-17(15)21(20)13(2)23/h3-10H,11H2,1-2H3,(H,19,22). The van der Waals surface area contributed by atoms with Crippen molar-refractivity contribution in [3.05, 3.63) is 64.4 Å². The lowest BCUT2D eigenvalue weighted by molar-refractivity contribution is -0.114. The van der Waals surface area contributed by atoms with Crippen LogP contribution in [0.25, 0.3) is 10.9 Å². The molecule has 0 spiro atoms. The molecular weight excluding hydrogens is 306 g/mol. The van der Waals surface area contributed by atoms with Crippen molar-refractivity contribution in [1.29, 1.82) is 0 Å². The van der Waals surface area contributed by atoms with Crippen LogP contribution in [-0.2, 0) is 11.3 Å². The van der Waals surface area contributed by atoms with E-state index in [-0.39, 0.29) is 23.9 Å². The minimum absolute atomic E-state index is 0.184. The lowest BCUT2D eigenvalue weighted by Crippen LogP contribution is -2.27.